The first-order valence-corrected chi connectivity index (χ1v) is 11.9. The molecule has 1 aliphatic carbocycles. The second-order valence-corrected chi connectivity index (χ2v) is 9.58. The van der Waals surface area contributed by atoms with Crippen LogP contribution in [0.25, 0.3) is 22.3 Å². The fourth-order valence-electron chi connectivity index (χ4n) is 5.71. The van der Waals surface area contributed by atoms with Crippen molar-refractivity contribution in [3.8, 4) is 11.4 Å². The quantitative estimate of drug-likeness (QED) is 0.464. The Morgan fingerprint density at radius 2 is 1.94 bits per heavy atom. The highest BCUT2D eigenvalue weighted by atomic mass is 15.5. The minimum Gasteiger partial charge on any atom is -0.361 e. The van der Waals surface area contributed by atoms with Crippen LogP contribution in [0.1, 0.15) is 53.9 Å². The third-order valence-electron chi connectivity index (χ3n) is 7.58. The molecule has 0 radical (unpaired) electrons. The van der Waals surface area contributed by atoms with E-state index < -0.39 is 0 Å². The maximum absolute atomic E-state index is 4.11. The zero-order chi connectivity index (χ0) is 21.7. The molecule has 1 aliphatic heterocycles. The van der Waals surface area contributed by atoms with E-state index in [0.717, 1.165) is 37.5 Å². The van der Waals surface area contributed by atoms with Gasteiger partial charge in [-0.3, -0.25) is 0 Å². The van der Waals surface area contributed by atoms with Crippen LogP contribution >= 0.6 is 0 Å². The molecular formula is C26H30N6. The van der Waals surface area contributed by atoms with Crippen LogP contribution in [0.5, 0.6) is 0 Å². The molecule has 164 valence electrons. The summed E-state index contributed by atoms with van der Waals surface area (Å²) in [6, 6.07) is 13.6. The molecule has 2 aliphatic rings. The summed E-state index contributed by atoms with van der Waals surface area (Å²) in [5.41, 5.74) is 8.32. The van der Waals surface area contributed by atoms with E-state index in [0.29, 0.717) is 17.7 Å². The zero-order valence-electron chi connectivity index (χ0n) is 18.8. The number of hydrogen-bond acceptors (Lipinski definition) is 4. The molecule has 0 spiro atoms. The second kappa shape index (κ2) is 7.85. The van der Waals surface area contributed by atoms with Gasteiger partial charge in [-0.05, 0) is 78.1 Å². The molecule has 6 heteroatoms. The van der Waals surface area contributed by atoms with E-state index >= 15 is 0 Å². The minimum atomic E-state index is 0.539. The van der Waals surface area contributed by atoms with E-state index in [-0.39, 0.29) is 0 Å². The van der Waals surface area contributed by atoms with Gasteiger partial charge in [0.25, 0.3) is 0 Å². The van der Waals surface area contributed by atoms with Crippen molar-refractivity contribution in [3.05, 3.63) is 64.8 Å². The van der Waals surface area contributed by atoms with E-state index in [2.05, 4.69) is 87.0 Å². The number of aromatic nitrogens is 5. The van der Waals surface area contributed by atoms with Crippen LogP contribution in [0.4, 0.5) is 0 Å². The van der Waals surface area contributed by atoms with Crippen LogP contribution in [0.3, 0.4) is 0 Å². The summed E-state index contributed by atoms with van der Waals surface area (Å²) in [7, 11) is 0. The zero-order valence-corrected chi connectivity index (χ0v) is 18.8. The van der Waals surface area contributed by atoms with Crippen molar-refractivity contribution < 1.29 is 0 Å². The number of likely N-dealkylation sites (tertiary alicyclic amines) is 1. The van der Waals surface area contributed by atoms with Crippen LogP contribution in [-0.2, 0) is 6.42 Å². The summed E-state index contributed by atoms with van der Waals surface area (Å²) in [6.07, 6.45) is 5.94. The highest BCUT2D eigenvalue weighted by molar-refractivity contribution is 5.87. The molecule has 6 rings (SSSR count). The Bertz CT molecular complexity index is 1220. The van der Waals surface area contributed by atoms with Crippen LogP contribution in [0.2, 0.25) is 0 Å². The molecule has 2 fully saturated rings. The van der Waals surface area contributed by atoms with E-state index in [4.69, 9.17) is 0 Å². The van der Waals surface area contributed by atoms with Gasteiger partial charge in [-0.15, -0.1) is 10.2 Å². The first kappa shape index (κ1) is 19.7. The first-order valence-electron chi connectivity index (χ1n) is 11.9. The number of likely N-dealkylation sites (N-methyl/N-ethyl adjacent to an activating group) is 1. The third kappa shape index (κ3) is 3.43. The average molecular weight is 427 g/mol. The van der Waals surface area contributed by atoms with Crippen molar-refractivity contribution in [3.63, 3.8) is 0 Å². The van der Waals surface area contributed by atoms with E-state index in [1.807, 2.05) is 0 Å². The number of hydrogen-bond donors (Lipinski definition) is 2. The smallest absolute Gasteiger partial charge is 0.204 e. The van der Waals surface area contributed by atoms with Crippen molar-refractivity contribution in [2.24, 2.45) is 5.92 Å². The second-order valence-electron chi connectivity index (χ2n) is 9.58. The standard InChI is InChI=1S/C26H30N6/c1-3-32-14-20(24(15-32)18-6-8-19(9-7-18)26-28-30-31-29-26)13-23-21-10-11-27-25(21)16(2)12-22(23)17-4-5-17/h6-12,17,20,24,27H,3-5,13-15H2,1-2H3,(H,28,29,30,31)/t20-,24+/m1/s1. The van der Waals surface area contributed by atoms with Crippen LogP contribution in [0, 0.1) is 12.8 Å². The van der Waals surface area contributed by atoms with Gasteiger partial charge < -0.3 is 9.88 Å². The van der Waals surface area contributed by atoms with Crippen molar-refractivity contribution in [1.82, 2.24) is 30.5 Å². The van der Waals surface area contributed by atoms with Crippen molar-refractivity contribution in [2.75, 3.05) is 19.6 Å². The van der Waals surface area contributed by atoms with Crippen LogP contribution in [-0.4, -0.2) is 50.1 Å². The molecule has 1 saturated carbocycles. The van der Waals surface area contributed by atoms with Crippen molar-refractivity contribution in [1.29, 1.82) is 0 Å². The number of rotatable bonds is 6. The van der Waals surface area contributed by atoms with Gasteiger partial charge in [0.1, 0.15) is 0 Å². The first-order chi connectivity index (χ1) is 15.7. The largest absolute Gasteiger partial charge is 0.361 e. The van der Waals surface area contributed by atoms with Crippen molar-refractivity contribution >= 4 is 10.9 Å². The number of tetrazole rings is 1. The number of nitrogens with one attached hydrogen (secondary N) is 2. The maximum Gasteiger partial charge on any atom is 0.204 e. The number of aromatic amines is 2. The van der Waals surface area contributed by atoms with Gasteiger partial charge in [-0.25, -0.2) is 0 Å². The molecule has 2 aromatic heterocycles. The predicted molar refractivity (Wildman–Crippen MR) is 127 cm³/mol. The van der Waals surface area contributed by atoms with Gasteiger partial charge >= 0.3 is 0 Å². The number of aryl methyl sites for hydroxylation is 1. The van der Waals surface area contributed by atoms with Gasteiger partial charge in [0.05, 0.1) is 0 Å². The highest BCUT2D eigenvalue weighted by Crippen LogP contribution is 2.46. The van der Waals surface area contributed by atoms with Gasteiger partial charge in [0.2, 0.25) is 5.82 Å². The lowest BCUT2D eigenvalue weighted by molar-refractivity contribution is 0.341. The number of fused-ring (bicyclic) bond motifs is 1. The molecule has 0 unspecified atom stereocenters. The molecule has 3 heterocycles. The predicted octanol–water partition coefficient (Wildman–Crippen LogP) is 4.81. The molecular weight excluding hydrogens is 396 g/mol. The van der Waals surface area contributed by atoms with E-state index in [1.165, 1.54) is 34.9 Å². The van der Waals surface area contributed by atoms with Crippen LogP contribution < -0.4 is 0 Å². The van der Waals surface area contributed by atoms with Gasteiger partial charge in [0, 0.05) is 41.7 Å². The third-order valence-corrected chi connectivity index (χ3v) is 7.58. The van der Waals surface area contributed by atoms with Gasteiger partial charge in [-0.1, -0.05) is 37.3 Å². The van der Waals surface area contributed by atoms with Gasteiger partial charge in [0.15, 0.2) is 0 Å². The fourth-order valence-corrected chi connectivity index (χ4v) is 5.71. The lowest BCUT2D eigenvalue weighted by Crippen LogP contribution is -2.20. The molecule has 4 aromatic rings. The molecule has 0 bridgehead atoms. The molecule has 2 N–H and O–H groups in total. The number of nitrogens with zero attached hydrogens (tertiary/aromatic N) is 4. The summed E-state index contributed by atoms with van der Waals surface area (Å²) in [4.78, 5) is 6.11. The maximum atomic E-state index is 4.11. The number of H-pyrrole nitrogens is 2. The SMILES string of the molecule is CCN1C[C@@H](Cc2c(C3CC3)cc(C)c3[nH]ccc23)[C@H](c2ccc(-c3nn[nH]n3)cc2)C1. The van der Waals surface area contributed by atoms with E-state index in [9.17, 15) is 0 Å². The topological polar surface area (TPSA) is 73.5 Å². The van der Waals surface area contributed by atoms with E-state index in [1.54, 1.807) is 11.1 Å². The lowest BCUT2D eigenvalue weighted by atomic mass is 9.82. The lowest BCUT2D eigenvalue weighted by Gasteiger charge is -2.22. The Morgan fingerprint density at radius 1 is 1.09 bits per heavy atom. The van der Waals surface area contributed by atoms with Gasteiger partial charge in [-0.2, -0.15) is 5.21 Å². The average Bonchev–Trinajstić information content (AvgIpc) is 3.22. The van der Waals surface area contributed by atoms with Crippen molar-refractivity contribution in [2.45, 2.75) is 44.9 Å². The Morgan fingerprint density at radius 3 is 2.66 bits per heavy atom. The fraction of sp³-hybridized carbons (Fsp3) is 0.423. The molecule has 2 aromatic carbocycles. The van der Waals surface area contributed by atoms with Crippen LogP contribution in [0.15, 0.2) is 42.6 Å². The summed E-state index contributed by atoms with van der Waals surface area (Å²) >= 11 is 0. The molecule has 6 nitrogen and oxygen atoms in total. The Kier molecular flexibility index (Phi) is 4.83. The molecule has 2 atom stereocenters. The normalized spacial score (nSPS) is 21.6. The Balaban J connectivity index is 1.34. The molecule has 1 saturated heterocycles. The molecule has 0 amide bonds. The summed E-state index contributed by atoms with van der Waals surface area (Å²) in [5, 5.41) is 15.9. The highest BCUT2D eigenvalue weighted by Gasteiger charge is 2.35. The number of benzene rings is 2. The Labute approximate surface area is 188 Å². The summed E-state index contributed by atoms with van der Waals surface area (Å²) in [5.74, 6) is 2.57. The summed E-state index contributed by atoms with van der Waals surface area (Å²) in [6.45, 7) is 7.93. The molecule has 32 heavy (non-hydrogen) atoms. The summed E-state index contributed by atoms with van der Waals surface area (Å²) < 4.78 is 0. The Hall–Kier alpha value is -2.99. The minimum absolute atomic E-state index is 0.539. The monoisotopic (exact) mass is 426 g/mol.